The molecular formula is C16H14F2N2O4. The van der Waals surface area contributed by atoms with E-state index >= 15 is 0 Å². The van der Waals surface area contributed by atoms with Crippen molar-refractivity contribution in [2.24, 2.45) is 0 Å². The molecule has 0 heterocycles. The summed E-state index contributed by atoms with van der Waals surface area (Å²) in [7, 11) is 0. The minimum Gasteiger partial charge on any atom is -0.487 e. The molecule has 0 unspecified atom stereocenters. The fourth-order valence-corrected chi connectivity index (χ4v) is 1.95. The van der Waals surface area contributed by atoms with Crippen LogP contribution in [-0.2, 0) is 4.79 Å². The summed E-state index contributed by atoms with van der Waals surface area (Å²) in [4.78, 5) is 22.0. The predicted molar refractivity (Wildman–Crippen MR) is 82.8 cm³/mol. The van der Waals surface area contributed by atoms with Crippen LogP contribution in [0.25, 0.3) is 0 Å². The zero-order valence-electron chi connectivity index (χ0n) is 12.5. The van der Waals surface area contributed by atoms with Gasteiger partial charge in [0.1, 0.15) is 11.6 Å². The molecule has 0 saturated carbocycles. The smallest absolute Gasteiger partial charge is 0.310 e. The van der Waals surface area contributed by atoms with E-state index in [9.17, 15) is 23.7 Å². The summed E-state index contributed by atoms with van der Waals surface area (Å²) >= 11 is 0. The van der Waals surface area contributed by atoms with Crippen LogP contribution in [-0.4, -0.2) is 17.4 Å². The number of nitrogens with one attached hydrogen (secondary N) is 1. The van der Waals surface area contributed by atoms with Crippen molar-refractivity contribution in [2.75, 3.05) is 11.9 Å². The van der Waals surface area contributed by atoms with Crippen LogP contribution in [0.1, 0.15) is 12.8 Å². The Morgan fingerprint density at radius 1 is 1.21 bits per heavy atom. The molecule has 0 aliphatic rings. The Hall–Kier alpha value is -3.03. The number of amides is 1. The zero-order chi connectivity index (χ0) is 17.5. The SMILES string of the molecule is O=C(CCCOc1ccccc1[N+](=O)[O-])Nc1cc(F)ccc1F. The van der Waals surface area contributed by atoms with Crippen LogP contribution in [0.15, 0.2) is 42.5 Å². The van der Waals surface area contributed by atoms with Gasteiger partial charge in [0.25, 0.3) is 0 Å². The van der Waals surface area contributed by atoms with Crippen LogP contribution in [0.3, 0.4) is 0 Å². The van der Waals surface area contributed by atoms with E-state index < -0.39 is 22.5 Å². The number of carbonyl (C=O) groups excluding carboxylic acids is 1. The third kappa shape index (κ3) is 4.73. The molecule has 0 bridgehead atoms. The number of hydrogen-bond donors (Lipinski definition) is 1. The number of rotatable bonds is 7. The highest BCUT2D eigenvalue weighted by atomic mass is 19.1. The monoisotopic (exact) mass is 336 g/mol. The van der Waals surface area contributed by atoms with Crippen molar-refractivity contribution in [3.8, 4) is 5.75 Å². The Labute approximate surface area is 136 Å². The molecule has 0 radical (unpaired) electrons. The second kappa shape index (κ2) is 8.00. The van der Waals surface area contributed by atoms with Gasteiger partial charge in [-0.3, -0.25) is 14.9 Å². The van der Waals surface area contributed by atoms with E-state index in [1.165, 1.54) is 18.2 Å². The van der Waals surface area contributed by atoms with Crippen molar-refractivity contribution < 1.29 is 23.2 Å². The number of para-hydroxylation sites is 2. The molecule has 6 nitrogen and oxygen atoms in total. The largest absolute Gasteiger partial charge is 0.487 e. The lowest BCUT2D eigenvalue weighted by Gasteiger charge is -2.08. The van der Waals surface area contributed by atoms with Crippen molar-refractivity contribution in [3.05, 3.63) is 64.2 Å². The minimum atomic E-state index is -0.735. The molecule has 0 fully saturated rings. The van der Waals surface area contributed by atoms with Gasteiger partial charge in [0.05, 0.1) is 17.2 Å². The maximum atomic E-state index is 13.4. The summed E-state index contributed by atoms with van der Waals surface area (Å²) in [5, 5.41) is 13.1. The first-order valence-corrected chi connectivity index (χ1v) is 7.08. The molecule has 0 saturated heterocycles. The van der Waals surface area contributed by atoms with Crippen molar-refractivity contribution in [3.63, 3.8) is 0 Å². The predicted octanol–water partition coefficient (Wildman–Crippen LogP) is 3.67. The van der Waals surface area contributed by atoms with Crippen LogP contribution in [0.5, 0.6) is 5.75 Å². The number of halogens is 2. The van der Waals surface area contributed by atoms with Gasteiger partial charge in [-0.15, -0.1) is 0 Å². The Balaban J connectivity index is 1.81. The van der Waals surface area contributed by atoms with Gasteiger partial charge in [-0.25, -0.2) is 8.78 Å². The lowest BCUT2D eigenvalue weighted by Crippen LogP contribution is -2.14. The molecule has 0 aliphatic heterocycles. The van der Waals surface area contributed by atoms with Gasteiger partial charge in [-0.2, -0.15) is 0 Å². The van der Waals surface area contributed by atoms with Crippen LogP contribution in [0.4, 0.5) is 20.2 Å². The molecule has 126 valence electrons. The van der Waals surface area contributed by atoms with Gasteiger partial charge in [-0.1, -0.05) is 12.1 Å². The van der Waals surface area contributed by atoms with Crippen LogP contribution >= 0.6 is 0 Å². The van der Waals surface area contributed by atoms with E-state index in [4.69, 9.17) is 4.74 Å². The van der Waals surface area contributed by atoms with E-state index in [-0.39, 0.29) is 36.6 Å². The lowest BCUT2D eigenvalue weighted by atomic mass is 10.2. The standard InChI is InChI=1S/C16H14F2N2O4/c17-11-7-8-12(18)13(10-11)19-16(21)6-3-9-24-15-5-2-1-4-14(15)20(22)23/h1-2,4-5,7-8,10H,3,6,9H2,(H,19,21). The third-order valence-corrected chi connectivity index (χ3v) is 3.07. The van der Waals surface area contributed by atoms with E-state index in [2.05, 4.69) is 5.32 Å². The fraction of sp³-hybridized carbons (Fsp3) is 0.188. The first-order chi connectivity index (χ1) is 11.5. The summed E-state index contributed by atoms with van der Waals surface area (Å²) in [6.45, 7) is 0.0733. The molecule has 2 aromatic rings. The molecule has 2 rings (SSSR count). The van der Waals surface area contributed by atoms with E-state index in [0.29, 0.717) is 0 Å². The summed E-state index contributed by atoms with van der Waals surface area (Å²) in [6.07, 6.45) is 0.255. The second-order valence-corrected chi connectivity index (χ2v) is 4.85. The highest BCUT2D eigenvalue weighted by molar-refractivity contribution is 5.90. The van der Waals surface area contributed by atoms with Crippen molar-refractivity contribution in [2.45, 2.75) is 12.8 Å². The normalized spacial score (nSPS) is 10.2. The fourth-order valence-electron chi connectivity index (χ4n) is 1.95. The number of benzene rings is 2. The molecule has 0 aromatic heterocycles. The minimum absolute atomic E-state index is 0.00339. The molecule has 0 aliphatic carbocycles. The summed E-state index contributed by atoms with van der Waals surface area (Å²) in [6, 6.07) is 8.65. The molecular weight excluding hydrogens is 322 g/mol. The molecule has 2 aromatic carbocycles. The van der Waals surface area contributed by atoms with E-state index in [1.54, 1.807) is 6.07 Å². The average molecular weight is 336 g/mol. The number of ether oxygens (including phenoxy) is 1. The summed E-state index contributed by atoms with van der Waals surface area (Å²) < 4.78 is 31.7. The molecule has 0 spiro atoms. The summed E-state index contributed by atoms with van der Waals surface area (Å²) in [5.41, 5.74) is -0.400. The highest BCUT2D eigenvalue weighted by Gasteiger charge is 2.13. The van der Waals surface area contributed by atoms with Gasteiger partial charge in [-0.05, 0) is 24.6 Å². The maximum Gasteiger partial charge on any atom is 0.310 e. The Morgan fingerprint density at radius 3 is 2.71 bits per heavy atom. The van der Waals surface area contributed by atoms with Crippen molar-refractivity contribution >= 4 is 17.3 Å². The molecule has 0 atom stereocenters. The van der Waals surface area contributed by atoms with Crippen molar-refractivity contribution in [1.82, 2.24) is 0 Å². The topological polar surface area (TPSA) is 81.5 Å². The molecule has 8 heteroatoms. The molecule has 24 heavy (non-hydrogen) atoms. The van der Waals surface area contributed by atoms with Gasteiger partial charge < -0.3 is 10.1 Å². The van der Waals surface area contributed by atoms with Crippen LogP contribution in [0, 0.1) is 21.7 Å². The number of hydrogen-bond acceptors (Lipinski definition) is 4. The Morgan fingerprint density at radius 2 is 1.96 bits per heavy atom. The molecule has 1 amide bonds. The quantitative estimate of drug-likeness (QED) is 0.475. The first kappa shape index (κ1) is 17.3. The zero-order valence-corrected chi connectivity index (χ0v) is 12.5. The maximum absolute atomic E-state index is 13.4. The number of nitrogens with zero attached hydrogens (tertiary/aromatic N) is 1. The summed E-state index contributed by atoms with van der Waals surface area (Å²) in [5.74, 6) is -1.79. The number of anilines is 1. The van der Waals surface area contributed by atoms with Gasteiger partial charge in [0.15, 0.2) is 5.75 Å². The van der Waals surface area contributed by atoms with E-state index in [1.807, 2.05) is 0 Å². The Kier molecular flexibility index (Phi) is 5.78. The van der Waals surface area contributed by atoms with Gasteiger partial charge in [0.2, 0.25) is 5.91 Å². The Bertz CT molecular complexity index is 753. The van der Waals surface area contributed by atoms with Gasteiger partial charge >= 0.3 is 5.69 Å². The number of nitro benzene ring substituents is 1. The third-order valence-electron chi connectivity index (χ3n) is 3.07. The molecule has 1 N–H and O–H groups in total. The number of nitro groups is 1. The average Bonchev–Trinajstić information content (AvgIpc) is 2.55. The highest BCUT2D eigenvalue weighted by Crippen LogP contribution is 2.25. The second-order valence-electron chi connectivity index (χ2n) is 4.85. The van der Waals surface area contributed by atoms with E-state index in [0.717, 1.165) is 18.2 Å². The van der Waals surface area contributed by atoms with Gasteiger partial charge in [0, 0.05) is 18.6 Å². The first-order valence-electron chi connectivity index (χ1n) is 7.08. The number of carbonyl (C=O) groups is 1. The van der Waals surface area contributed by atoms with Crippen molar-refractivity contribution in [1.29, 1.82) is 0 Å². The van der Waals surface area contributed by atoms with Crippen LogP contribution < -0.4 is 10.1 Å². The van der Waals surface area contributed by atoms with Crippen LogP contribution in [0.2, 0.25) is 0 Å². The lowest BCUT2D eigenvalue weighted by molar-refractivity contribution is -0.385.